The minimum absolute atomic E-state index is 0. The van der Waals surface area contributed by atoms with Crippen LogP contribution in [0.3, 0.4) is 0 Å². The number of aromatic hydroxyl groups is 1. The van der Waals surface area contributed by atoms with Crippen molar-refractivity contribution in [2.45, 2.75) is 0 Å². The molecule has 0 aliphatic heterocycles. The topological polar surface area (TPSA) is 55.8 Å². The standard InChI is InChI=1S/C9H10O4.Na.H/c1-12-8-3-6(11)4-9(13-2)7(8)5-10;;/h3-5,11H,1-2H3;;. The summed E-state index contributed by atoms with van der Waals surface area (Å²) in [5, 5.41) is 9.20. The van der Waals surface area contributed by atoms with E-state index in [1.807, 2.05) is 0 Å². The van der Waals surface area contributed by atoms with Gasteiger partial charge in [-0.25, -0.2) is 0 Å². The van der Waals surface area contributed by atoms with E-state index in [0.717, 1.165) is 0 Å². The molecule has 0 saturated carbocycles. The summed E-state index contributed by atoms with van der Waals surface area (Å²) in [5.41, 5.74) is 0.294. The molecule has 14 heavy (non-hydrogen) atoms. The van der Waals surface area contributed by atoms with Crippen molar-refractivity contribution in [2.75, 3.05) is 14.2 Å². The monoisotopic (exact) mass is 206 g/mol. The van der Waals surface area contributed by atoms with E-state index in [4.69, 9.17) is 9.47 Å². The summed E-state index contributed by atoms with van der Waals surface area (Å²) in [4.78, 5) is 10.6. The van der Waals surface area contributed by atoms with Crippen LogP contribution in [0.4, 0.5) is 0 Å². The average molecular weight is 206 g/mol. The van der Waals surface area contributed by atoms with Gasteiger partial charge >= 0.3 is 29.6 Å². The molecule has 1 aromatic rings. The molecule has 0 aliphatic carbocycles. The molecule has 0 amide bonds. The molecule has 4 nitrogen and oxygen atoms in total. The first-order valence-electron chi connectivity index (χ1n) is 3.63. The van der Waals surface area contributed by atoms with Crippen molar-refractivity contribution in [3.05, 3.63) is 17.7 Å². The van der Waals surface area contributed by atoms with Crippen LogP contribution >= 0.6 is 0 Å². The number of hydrogen-bond acceptors (Lipinski definition) is 4. The number of aldehydes is 1. The molecule has 1 N–H and O–H groups in total. The zero-order valence-corrected chi connectivity index (χ0v) is 7.40. The number of phenolic OH excluding ortho intramolecular Hbond substituents is 1. The van der Waals surface area contributed by atoms with Crippen molar-refractivity contribution in [3.63, 3.8) is 0 Å². The van der Waals surface area contributed by atoms with Gasteiger partial charge < -0.3 is 14.6 Å². The Kier molecular flexibility index (Phi) is 5.60. The van der Waals surface area contributed by atoms with Crippen molar-refractivity contribution in [1.82, 2.24) is 0 Å². The number of carbonyl (C=O) groups is 1. The quantitative estimate of drug-likeness (QED) is 0.580. The number of carbonyl (C=O) groups excluding carboxylic acids is 1. The fourth-order valence-electron chi connectivity index (χ4n) is 1.04. The van der Waals surface area contributed by atoms with E-state index in [1.54, 1.807) is 0 Å². The van der Waals surface area contributed by atoms with E-state index in [9.17, 15) is 9.90 Å². The normalized spacial score (nSPS) is 8.71. The fraction of sp³-hybridized carbons (Fsp3) is 0.222. The third-order valence-corrected chi connectivity index (χ3v) is 1.65. The Morgan fingerprint density at radius 1 is 1.21 bits per heavy atom. The molecule has 1 aromatic carbocycles. The Bertz CT molecular complexity index is 300. The SMILES string of the molecule is COc1cc(O)cc(OC)c1C=O.[NaH]. The van der Waals surface area contributed by atoms with Crippen LogP contribution in [-0.2, 0) is 0 Å². The van der Waals surface area contributed by atoms with Gasteiger partial charge in [-0.1, -0.05) is 0 Å². The van der Waals surface area contributed by atoms with Crippen LogP contribution in [0.15, 0.2) is 12.1 Å². The zero-order chi connectivity index (χ0) is 9.84. The van der Waals surface area contributed by atoms with Gasteiger partial charge in [-0.3, -0.25) is 4.79 Å². The van der Waals surface area contributed by atoms with Crippen LogP contribution in [0.5, 0.6) is 17.2 Å². The molecule has 72 valence electrons. The summed E-state index contributed by atoms with van der Waals surface area (Å²) < 4.78 is 9.78. The van der Waals surface area contributed by atoms with E-state index in [-0.39, 0.29) is 35.3 Å². The zero-order valence-electron chi connectivity index (χ0n) is 7.40. The molecule has 0 aliphatic rings. The number of methoxy groups -OCH3 is 2. The molecule has 1 rings (SSSR count). The number of phenols is 1. The molecular formula is C9H11NaO4. The van der Waals surface area contributed by atoms with Gasteiger partial charge in [-0.2, -0.15) is 0 Å². The molecule has 0 saturated heterocycles. The van der Waals surface area contributed by atoms with Crippen molar-refractivity contribution >= 4 is 35.8 Å². The first-order chi connectivity index (χ1) is 6.22. The first kappa shape index (κ1) is 13.3. The van der Waals surface area contributed by atoms with Gasteiger partial charge in [0.2, 0.25) is 0 Å². The van der Waals surface area contributed by atoms with E-state index >= 15 is 0 Å². The second-order valence-corrected chi connectivity index (χ2v) is 2.38. The molecule has 0 unspecified atom stereocenters. The molecule has 0 atom stereocenters. The van der Waals surface area contributed by atoms with Crippen LogP contribution in [0, 0.1) is 0 Å². The van der Waals surface area contributed by atoms with Gasteiger partial charge in [0, 0.05) is 12.1 Å². The van der Waals surface area contributed by atoms with Crippen LogP contribution in [0.25, 0.3) is 0 Å². The Balaban J connectivity index is 0.00000169. The molecular weight excluding hydrogens is 195 g/mol. The molecule has 0 fully saturated rings. The molecule has 0 spiro atoms. The van der Waals surface area contributed by atoms with Gasteiger partial charge in [-0.15, -0.1) is 0 Å². The summed E-state index contributed by atoms with van der Waals surface area (Å²) >= 11 is 0. The predicted molar refractivity (Wildman–Crippen MR) is 53.7 cm³/mol. The number of rotatable bonds is 3. The summed E-state index contributed by atoms with van der Waals surface area (Å²) in [6, 6.07) is 2.71. The van der Waals surface area contributed by atoms with Gasteiger partial charge in [0.25, 0.3) is 0 Å². The average Bonchev–Trinajstić information content (AvgIpc) is 2.16. The van der Waals surface area contributed by atoms with Gasteiger partial charge in [0.05, 0.1) is 19.8 Å². The minimum atomic E-state index is -0.000648. The molecule has 0 radical (unpaired) electrons. The Morgan fingerprint density at radius 3 is 1.93 bits per heavy atom. The second-order valence-electron chi connectivity index (χ2n) is 2.38. The number of ether oxygens (including phenoxy) is 2. The van der Waals surface area contributed by atoms with Crippen molar-refractivity contribution in [2.24, 2.45) is 0 Å². The molecule has 5 heteroatoms. The number of hydrogen-bond donors (Lipinski definition) is 1. The predicted octanol–water partition coefficient (Wildman–Crippen LogP) is 0.573. The second kappa shape index (κ2) is 5.90. The summed E-state index contributed by atoms with van der Waals surface area (Å²) in [6.07, 6.45) is 0.622. The van der Waals surface area contributed by atoms with Gasteiger partial charge in [-0.05, 0) is 0 Å². The van der Waals surface area contributed by atoms with Crippen LogP contribution < -0.4 is 9.47 Å². The van der Waals surface area contributed by atoms with Crippen LogP contribution in [-0.4, -0.2) is 55.2 Å². The van der Waals surface area contributed by atoms with E-state index < -0.39 is 0 Å². The van der Waals surface area contributed by atoms with Gasteiger partial charge in [0.15, 0.2) is 6.29 Å². The Morgan fingerprint density at radius 2 is 1.64 bits per heavy atom. The maximum absolute atomic E-state index is 10.6. The number of benzene rings is 1. The van der Waals surface area contributed by atoms with Crippen molar-refractivity contribution in [1.29, 1.82) is 0 Å². The van der Waals surface area contributed by atoms with Crippen molar-refractivity contribution < 1.29 is 19.4 Å². The molecule has 0 heterocycles. The first-order valence-corrected chi connectivity index (χ1v) is 3.63. The third kappa shape index (κ3) is 2.64. The van der Waals surface area contributed by atoms with Gasteiger partial charge in [0.1, 0.15) is 17.2 Å². The maximum atomic E-state index is 10.6. The van der Waals surface area contributed by atoms with Crippen molar-refractivity contribution in [3.8, 4) is 17.2 Å². The van der Waals surface area contributed by atoms with E-state index in [2.05, 4.69) is 0 Å². The molecule has 0 aromatic heterocycles. The summed E-state index contributed by atoms with van der Waals surface area (Å²) in [5.74, 6) is 0.595. The Labute approximate surface area is 104 Å². The summed E-state index contributed by atoms with van der Waals surface area (Å²) in [7, 11) is 2.84. The van der Waals surface area contributed by atoms with Crippen LogP contribution in [0.2, 0.25) is 0 Å². The molecule has 0 bridgehead atoms. The Hall–Kier alpha value is -0.710. The van der Waals surface area contributed by atoms with E-state index in [1.165, 1.54) is 26.4 Å². The van der Waals surface area contributed by atoms with Crippen LogP contribution in [0.1, 0.15) is 10.4 Å². The fourth-order valence-corrected chi connectivity index (χ4v) is 1.04. The van der Waals surface area contributed by atoms with E-state index in [0.29, 0.717) is 23.3 Å². The third-order valence-electron chi connectivity index (χ3n) is 1.65. The summed E-state index contributed by atoms with van der Waals surface area (Å²) in [6.45, 7) is 0.